The van der Waals surface area contributed by atoms with Crippen molar-refractivity contribution in [2.45, 2.75) is 44.2 Å². The van der Waals surface area contributed by atoms with Crippen LogP contribution in [0.1, 0.15) is 32.0 Å². The van der Waals surface area contributed by atoms with E-state index in [0.29, 0.717) is 36.9 Å². The Kier molecular flexibility index (Phi) is 5.86. The second-order valence-corrected chi connectivity index (χ2v) is 9.85. The molecule has 1 aliphatic rings. The Bertz CT molecular complexity index is 1360. The molecule has 10 heteroatoms. The second kappa shape index (κ2) is 8.95. The number of nitrogens with zero attached hydrogens (tertiary/aromatic N) is 5. The van der Waals surface area contributed by atoms with E-state index in [9.17, 15) is 8.42 Å². The number of fused-ring (bicyclic) bond motifs is 1. The van der Waals surface area contributed by atoms with Crippen LogP contribution in [0.4, 0.5) is 0 Å². The summed E-state index contributed by atoms with van der Waals surface area (Å²) in [7, 11) is -3.52. The van der Waals surface area contributed by atoms with E-state index in [1.54, 1.807) is 16.4 Å². The van der Waals surface area contributed by atoms with Crippen LogP contribution in [0.2, 0.25) is 0 Å². The molecular formula is C23H25N5O4S. The molecule has 3 heterocycles. The Balaban J connectivity index is 1.38. The van der Waals surface area contributed by atoms with Gasteiger partial charge >= 0.3 is 6.08 Å². The van der Waals surface area contributed by atoms with Crippen LogP contribution in [0.5, 0.6) is 6.08 Å². The van der Waals surface area contributed by atoms with Gasteiger partial charge in [-0.2, -0.15) is 4.31 Å². The van der Waals surface area contributed by atoms with Crippen molar-refractivity contribution in [1.29, 1.82) is 0 Å². The number of sulfonamides is 1. The Labute approximate surface area is 192 Å². The maximum atomic E-state index is 13.1. The summed E-state index contributed by atoms with van der Waals surface area (Å²) in [6.45, 7) is 3.92. The number of rotatable bonds is 7. The van der Waals surface area contributed by atoms with Crippen LogP contribution in [0, 0.1) is 0 Å². The van der Waals surface area contributed by atoms with Gasteiger partial charge < -0.3 is 13.7 Å². The zero-order chi connectivity index (χ0) is 22.8. The summed E-state index contributed by atoms with van der Waals surface area (Å²) in [4.78, 5) is 4.92. The van der Waals surface area contributed by atoms with Crippen molar-refractivity contribution in [1.82, 2.24) is 24.1 Å². The van der Waals surface area contributed by atoms with Gasteiger partial charge in [-0.3, -0.25) is 0 Å². The molecule has 2 aromatic carbocycles. The molecule has 0 aliphatic carbocycles. The van der Waals surface area contributed by atoms with Crippen molar-refractivity contribution >= 4 is 21.1 Å². The predicted molar refractivity (Wildman–Crippen MR) is 122 cm³/mol. The standard InChI is InChI=1S/C23H25N5O4S/c1-2-28-20-12-11-18(33(29,30)27-13-7-4-8-14-27)15-19(20)24-21(28)16-31-23-26-25-22(32-23)17-9-5-3-6-10-17/h3,5-6,9-12,15H,2,4,7-8,13-14,16H2,1H3. The minimum absolute atomic E-state index is 0.0527. The van der Waals surface area contributed by atoms with E-state index < -0.39 is 10.0 Å². The molecule has 33 heavy (non-hydrogen) atoms. The highest BCUT2D eigenvalue weighted by Crippen LogP contribution is 2.26. The molecule has 1 aliphatic heterocycles. The summed E-state index contributed by atoms with van der Waals surface area (Å²) in [5.41, 5.74) is 2.27. The van der Waals surface area contributed by atoms with Crippen LogP contribution < -0.4 is 4.74 Å². The predicted octanol–water partition coefficient (Wildman–Crippen LogP) is 3.86. The van der Waals surface area contributed by atoms with Crippen LogP contribution in [-0.4, -0.2) is 45.6 Å². The highest BCUT2D eigenvalue weighted by molar-refractivity contribution is 7.89. The molecule has 5 rings (SSSR count). The number of aromatic nitrogens is 4. The molecule has 9 nitrogen and oxygen atoms in total. The summed E-state index contributed by atoms with van der Waals surface area (Å²) in [5, 5.41) is 7.98. The molecular weight excluding hydrogens is 442 g/mol. The van der Waals surface area contributed by atoms with Crippen LogP contribution in [0.15, 0.2) is 57.8 Å². The van der Waals surface area contributed by atoms with E-state index in [1.165, 1.54) is 0 Å². The van der Waals surface area contributed by atoms with Gasteiger partial charge in [-0.25, -0.2) is 13.4 Å². The van der Waals surface area contributed by atoms with Gasteiger partial charge in [0.15, 0.2) is 6.61 Å². The minimum Gasteiger partial charge on any atom is -0.441 e. The monoisotopic (exact) mass is 467 g/mol. The van der Waals surface area contributed by atoms with Gasteiger partial charge in [0, 0.05) is 25.2 Å². The van der Waals surface area contributed by atoms with Crippen LogP contribution in [0.25, 0.3) is 22.5 Å². The van der Waals surface area contributed by atoms with Gasteiger partial charge in [0.25, 0.3) is 5.89 Å². The van der Waals surface area contributed by atoms with Crippen molar-refractivity contribution in [3.63, 3.8) is 0 Å². The van der Waals surface area contributed by atoms with Gasteiger partial charge in [-0.15, -0.1) is 5.10 Å². The Morgan fingerprint density at radius 1 is 1.03 bits per heavy atom. The fourth-order valence-electron chi connectivity index (χ4n) is 4.13. The van der Waals surface area contributed by atoms with Gasteiger partial charge in [0.2, 0.25) is 10.0 Å². The SMILES string of the molecule is CCn1c(COc2nnc(-c3ccccc3)o2)nc2cc(S(=O)(=O)N3CCCCC3)ccc21. The van der Waals surface area contributed by atoms with Crippen LogP contribution in [0.3, 0.4) is 0 Å². The molecule has 0 atom stereocenters. The summed E-state index contributed by atoms with van der Waals surface area (Å²) in [5.74, 6) is 1.03. The molecule has 0 spiro atoms. The number of ether oxygens (including phenoxy) is 1. The topological polar surface area (TPSA) is 103 Å². The smallest absolute Gasteiger partial charge is 0.415 e. The zero-order valence-corrected chi connectivity index (χ0v) is 19.2. The fourth-order valence-corrected chi connectivity index (χ4v) is 5.67. The van der Waals surface area contributed by atoms with E-state index in [1.807, 2.05) is 47.9 Å². The molecule has 0 unspecified atom stereocenters. The van der Waals surface area contributed by atoms with E-state index in [-0.39, 0.29) is 17.6 Å². The third-order valence-electron chi connectivity index (χ3n) is 5.82. The van der Waals surface area contributed by atoms with Gasteiger partial charge in [0.1, 0.15) is 5.82 Å². The highest BCUT2D eigenvalue weighted by Gasteiger charge is 2.26. The van der Waals surface area contributed by atoms with E-state index in [2.05, 4.69) is 15.2 Å². The Morgan fingerprint density at radius 2 is 1.82 bits per heavy atom. The van der Waals surface area contributed by atoms with Crippen molar-refractivity contribution in [3.05, 3.63) is 54.4 Å². The molecule has 0 N–H and O–H groups in total. The number of aryl methyl sites for hydroxylation is 1. The second-order valence-electron chi connectivity index (χ2n) is 7.92. The molecule has 1 fully saturated rings. The molecule has 0 saturated carbocycles. The van der Waals surface area contributed by atoms with Crippen LogP contribution >= 0.6 is 0 Å². The lowest BCUT2D eigenvalue weighted by Gasteiger charge is -2.25. The van der Waals surface area contributed by atoms with Crippen molar-refractivity contribution < 1.29 is 17.6 Å². The first-order valence-electron chi connectivity index (χ1n) is 11.1. The lowest BCUT2D eigenvalue weighted by molar-refractivity contribution is 0.213. The number of benzene rings is 2. The summed E-state index contributed by atoms with van der Waals surface area (Å²) >= 11 is 0. The first-order chi connectivity index (χ1) is 16.1. The molecule has 172 valence electrons. The molecule has 0 bridgehead atoms. The van der Waals surface area contributed by atoms with Gasteiger partial charge in [0.05, 0.1) is 15.9 Å². The van der Waals surface area contributed by atoms with Gasteiger partial charge in [-0.05, 0) is 50.1 Å². The average molecular weight is 468 g/mol. The third-order valence-corrected chi connectivity index (χ3v) is 7.71. The number of hydrogen-bond donors (Lipinski definition) is 0. The van der Waals surface area contributed by atoms with Crippen molar-refractivity contribution in [2.75, 3.05) is 13.1 Å². The molecule has 4 aromatic rings. The summed E-state index contributed by atoms with van der Waals surface area (Å²) < 4.78 is 41.0. The van der Waals surface area contributed by atoms with E-state index >= 15 is 0 Å². The first-order valence-corrected chi connectivity index (χ1v) is 12.5. The highest BCUT2D eigenvalue weighted by atomic mass is 32.2. The zero-order valence-electron chi connectivity index (χ0n) is 18.3. The van der Waals surface area contributed by atoms with Crippen LogP contribution in [-0.2, 0) is 23.2 Å². The number of hydrogen-bond acceptors (Lipinski definition) is 7. The number of piperidine rings is 1. The van der Waals surface area contributed by atoms with Crippen molar-refractivity contribution in [3.8, 4) is 17.5 Å². The average Bonchev–Trinajstić information content (AvgIpc) is 3.47. The van der Waals surface area contributed by atoms with Crippen molar-refractivity contribution in [2.24, 2.45) is 0 Å². The largest absolute Gasteiger partial charge is 0.441 e. The lowest BCUT2D eigenvalue weighted by Crippen LogP contribution is -2.35. The first kappa shape index (κ1) is 21.6. The molecule has 1 saturated heterocycles. The number of imidazole rings is 1. The third kappa shape index (κ3) is 4.23. The Hall–Kier alpha value is -3.24. The fraction of sp³-hybridized carbons (Fsp3) is 0.348. The van der Waals surface area contributed by atoms with E-state index in [4.69, 9.17) is 9.15 Å². The quantitative estimate of drug-likeness (QED) is 0.406. The van der Waals surface area contributed by atoms with Gasteiger partial charge in [-0.1, -0.05) is 29.7 Å². The van der Waals surface area contributed by atoms with E-state index in [0.717, 1.165) is 30.3 Å². The lowest BCUT2D eigenvalue weighted by atomic mass is 10.2. The molecule has 0 amide bonds. The summed E-state index contributed by atoms with van der Waals surface area (Å²) in [6.07, 6.45) is 2.92. The normalized spacial score (nSPS) is 15.2. The molecule has 2 aromatic heterocycles. The minimum atomic E-state index is -3.52. The molecule has 0 radical (unpaired) electrons. The maximum absolute atomic E-state index is 13.1. The maximum Gasteiger partial charge on any atom is 0.415 e. The summed E-state index contributed by atoms with van der Waals surface area (Å²) in [6, 6.07) is 14.6. The Morgan fingerprint density at radius 3 is 2.58 bits per heavy atom.